The molecule has 0 aliphatic heterocycles. The Hall–Kier alpha value is -1.38. The van der Waals surface area contributed by atoms with Crippen LogP contribution in [-0.2, 0) is 4.79 Å². The van der Waals surface area contributed by atoms with E-state index in [-0.39, 0.29) is 17.6 Å². The Balaban J connectivity index is 2.85. The first-order valence-electron chi connectivity index (χ1n) is 6.03. The van der Waals surface area contributed by atoms with Crippen molar-refractivity contribution < 1.29 is 9.18 Å². The van der Waals surface area contributed by atoms with E-state index in [4.69, 9.17) is 0 Å². The number of aryl methyl sites for hydroxylation is 2. The van der Waals surface area contributed by atoms with E-state index in [0.29, 0.717) is 0 Å². The lowest BCUT2D eigenvalue weighted by Crippen LogP contribution is -2.21. The molecule has 1 aromatic rings. The molecule has 0 saturated carbocycles. The quantitative estimate of drug-likeness (QED) is 0.847. The third kappa shape index (κ3) is 3.55. The molecule has 17 heavy (non-hydrogen) atoms. The molecule has 2 nitrogen and oxygen atoms in total. The lowest BCUT2D eigenvalue weighted by atomic mass is 10.0. The summed E-state index contributed by atoms with van der Waals surface area (Å²) in [4.78, 5) is 11.9. The van der Waals surface area contributed by atoms with Crippen molar-refractivity contribution >= 4 is 11.6 Å². The number of anilines is 1. The summed E-state index contributed by atoms with van der Waals surface area (Å²) in [6.45, 7) is 7.57. The number of hydrogen-bond acceptors (Lipinski definition) is 1. The molecule has 94 valence electrons. The smallest absolute Gasteiger partial charge is 0.227 e. The fourth-order valence-electron chi connectivity index (χ4n) is 1.92. The van der Waals surface area contributed by atoms with Crippen LogP contribution in [0.1, 0.15) is 37.8 Å². The topological polar surface area (TPSA) is 29.1 Å². The highest BCUT2D eigenvalue weighted by Gasteiger charge is 2.14. The van der Waals surface area contributed by atoms with Crippen molar-refractivity contribution in [3.63, 3.8) is 0 Å². The summed E-state index contributed by atoms with van der Waals surface area (Å²) in [5.74, 6) is -0.270. The van der Waals surface area contributed by atoms with Crippen LogP contribution in [0.3, 0.4) is 0 Å². The monoisotopic (exact) mass is 237 g/mol. The van der Waals surface area contributed by atoms with Crippen molar-refractivity contribution in [2.75, 3.05) is 5.32 Å². The number of hydrogen-bond donors (Lipinski definition) is 1. The standard InChI is InChI=1S/C14H20FNO/c1-5-6-9(2)14(17)16-13-10(3)7-12(15)8-11(13)4/h7-9H,5-6H2,1-4H3,(H,16,17). The summed E-state index contributed by atoms with van der Waals surface area (Å²) < 4.78 is 13.1. The molecule has 0 fully saturated rings. The molecular formula is C14H20FNO. The van der Waals surface area contributed by atoms with Crippen molar-refractivity contribution in [2.24, 2.45) is 5.92 Å². The van der Waals surface area contributed by atoms with Crippen LogP contribution in [0.25, 0.3) is 0 Å². The van der Waals surface area contributed by atoms with Crippen LogP contribution in [0.5, 0.6) is 0 Å². The van der Waals surface area contributed by atoms with E-state index in [0.717, 1.165) is 29.7 Å². The highest BCUT2D eigenvalue weighted by molar-refractivity contribution is 5.93. The highest BCUT2D eigenvalue weighted by atomic mass is 19.1. The SMILES string of the molecule is CCCC(C)C(=O)Nc1c(C)cc(F)cc1C. The molecule has 1 atom stereocenters. The van der Waals surface area contributed by atoms with Crippen LogP contribution >= 0.6 is 0 Å². The van der Waals surface area contributed by atoms with Gasteiger partial charge < -0.3 is 5.32 Å². The largest absolute Gasteiger partial charge is 0.325 e. The Morgan fingerprint density at radius 1 is 1.35 bits per heavy atom. The van der Waals surface area contributed by atoms with Gasteiger partial charge in [-0.15, -0.1) is 0 Å². The van der Waals surface area contributed by atoms with Gasteiger partial charge in [0.25, 0.3) is 0 Å². The number of carbonyl (C=O) groups is 1. The molecule has 0 heterocycles. The third-order valence-corrected chi connectivity index (χ3v) is 2.91. The summed E-state index contributed by atoms with van der Waals surface area (Å²) in [5, 5.41) is 2.88. The fourth-order valence-corrected chi connectivity index (χ4v) is 1.92. The average Bonchev–Trinajstić information content (AvgIpc) is 2.23. The summed E-state index contributed by atoms with van der Waals surface area (Å²) >= 11 is 0. The Morgan fingerprint density at radius 3 is 2.35 bits per heavy atom. The summed E-state index contributed by atoms with van der Waals surface area (Å²) in [6.07, 6.45) is 1.85. The fraction of sp³-hybridized carbons (Fsp3) is 0.500. The van der Waals surface area contributed by atoms with Crippen molar-refractivity contribution in [3.05, 3.63) is 29.1 Å². The van der Waals surface area contributed by atoms with Crippen LogP contribution in [0.2, 0.25) is 0 Å². The molecule has 0 saturated heterocycles. The molecule has 1 aromatic carbocycles. The van der Waals surface area contributed by atoms with Gasteiger partial charge in [-0.2, -0.15) is 0 Å². The van der Waals surface area contributed by atoms with Crippen LogP contribution in [-0.4, -0.2) is 5.91 Å². The zero-order chi connectivity index (χ0) is 13.0. The lowest BCUT2D eigenvalue weighted by molar-refractivity contribution is -0.119. The number of carbonyl (C=O) groups excluding carboxylic acids is 1. The van der Waals surface area contributed by atoms with E-state index in [1.54, 1.807) is 13.8 Å². The maximum atomic E-state index is 13.1. The predicted octanol–water partition coefficient (Wildman–Crippen LogP) is 3.82. The van der Waals surface area contributed by atoms with Crippen LogP contribution in [0, 0.1) is 25.6 Å². The van der Waals surface area contributed by atoms with Gasteiger partial charge in [-0.1, -0.05) is 20.3 Å². The number of nitrogens with one attached hydrogen (secondary N) is 1. The second-order valence-electron chi connectivity index (χ2n) is 4.59. The van der Waals surface area contributed by atoms with E-state index < -0.39 is 0 Å². The first-order valence-corrected chi connectivity index (χ1v) is 6.03. The molecule has 0 radical (unpaired) electrons. The zero-order valence-corrected chi connectivity index (χ0v) is 10.9. The van der Waals surface area contributed by atoms with Crippen molar-refractivity contribution in [1.29, 1.82) is 0 Å². The Bertz CT molecular complexity index is 392. The molecule has 1 rings (SSSR count). The Kier molecular flexibility index (Phi) is 4.67. The first kappa shape index (κ1) is 13.7. The second-order valence-corrected chi connectivity index (χ2v) is 4.59. The molecule has 0 aromatic heterocycles. The molecule has 3 heteroatoms. The lowest BCUT2D eigenvalue weighted by Gasteiger charge is -2.15. The van der Waals surface area contributed by atoms with Gasteiger partial charge in [0, 0.05) is 11.6 Å². The maximum absolute atomic E-state index is 13.1. The molecule has 0 bridgehead atoms. The normalized spacial score (nSPS) is 12.3. The average molecular weight is 237 g/mol. The number of benzene rings is 1. The minimum atomic E-state index is -0.264. The highest BCUT2D eigenvalue weighted by Crippen LogP contribution is 2.22. The zero-order valence-electron chi connectivity index (χ0n) is 10.9. The molecule has 1 amide bonds. The Labute approximate surface area is 102 Å². The minimum Gasteiger partial charge on any atom is -0.325 e. The van der Waals surface area contributed by atoms with Gasteiger partial charge in [-0.05, 0) is 43.5 Å². The van der Waals surface area contributed by atoms with E-state index >= 15 is 0 Å². The van der Waals surface area contributed by atoms with Crippen molar-refractivity contribution in [2.45, 2.75) is 40.5 Å². The summed E-state index contributed by atoms with van der Waals surface area (Å²) in [6, 6.07) is 2.88. The van der Waals surface area contributed by atoms with Gasteiger partial charge in [-0.25, -0.2) is 4.39 Å². The van der Waals surface area contributed by atoms with Gasteiger partial charge in [-0.3, -0.25) is 4.79 Å². The molecular weight excluding hydrogens is 217 g/mol. The molecule has 0 aliphatic carbocycles. The minimum absolute atomic E-state index is 0.00431. The van der Waals surface area contributed by atoms with E-state index in [1.807, 2.05) is 6.92 Å². The summed E-state index contributed by atoms with van der Waals surface area (Å²) in [7, 11) is 0. The van der Waals surface area contributed by atoms with E-state index in [2.05, 4.69) is 12.2 Å². The van der Waals surface area contributed by atoms with E-state index in [1.165, 1.54) is 12.1 Å². The van der Waals surface area contributed by atoms with Crippen LogP contribution < -0.4 is 5.32 Å². The Morgan fingerprint density at radius 2 is 1.88 bits per heavy atom. The van der Waals surface area contributed by atoms with Gasteiger partial charge >= 0.3 is 0 Å². The van der Waals surface area contributed by atoms with Crippen LogP contribution in [0.4, 0.5) is 10.1 Å². The van der Waals surface area contributed by atoms with Crippen LogP contribution in [0.15, 0.2) is 12.1 Å². The van der Waals surface area contributed by atoms with Crippen molar-refractivity contribution in [3.8, 4) is 0 Å². The number of halogens is 1. The van der Waals surface area contributed by atoms with Gasteiger partial charge in [0.2, 0.25) is 5.91 Å². The van der Waals surface area contributed by atoms with E-state index in [9.17, 15) is 9.18 Å². The number of rotatable bonds is 4. The second kappa shape index (κ2) is 5.80. The van der Waals surface area contributed by atoms with Gasteiger partial charge in [0.1, 0.15) is 5.82 Å². The maximum Gasteiger partial charge on any atom is 0.227 e. The molecule has 1 unspecified atom stereocenters. The summed E-state index contributed by atoms with van der Waals surface area (Å²) in [5.41, 5.74) is 2.26. The third-order valence-electron chi connectivity index (χ3n) is 2.91. The van der Waals surface area contributed by atoms with Gasteiger partial charge in [0.05, 0.1) is 0 Å². The predicted molar refractivity (Wildman–Crippen MR) is 68.6 cm³/mol. The number of amides is 1. The van der Waals surface area contributed by atoms with Gasteiger partial charge in [0.15, 0.2) is 0 Å². The molecule has 0 spiro atoms. The van der Waals surface area contributed by atoms with Crippen molar-refractivity contribution in [1.82, 2.24) is 0 Å². The first-order chi connectivity index (χ1) is 7.95. The molecule has 0 aliphatic rings. The molecule has 1 N–H and O–H groups in total.